The summed E-state index contributed by atoms with van der Waals surface area (Å²) >= 11 is 0. The minimum atomic E-state index is 0.781. The Kier molecular flexibility index (Phi) is 6.53. The molecular formula is C24H24N4. The Bertz CT molecular complexity index is 868. The Labute approximate surface area is 165 Å². The number of hydrogen-bond acceptors (Lipinski definition) is 4. The molecular weight excluding hydrogens is 344 g/mol. The average Bonchev–Trinajstić information content (AvgIpc) is 2.74. The molecule has 4 aromatic rings. The minimum absolute atomic E-state index is 0.781. The molecule has 0 bridgehead atoms. The SMILES string of the molecule is Nc1ccc(Nc2ccccc2)cc1.Nc1ccc(Nc2ccccc2)cc1. The van der Waals surface area contributed by atoms with E-state index in [0.717, 1.165) is 34.1 Å². The molecule has 140 valence electrons. The smallest absolute Gasteiger partial charge is 0.0385 e. The monoisotopic (exact) mass is 368 g/mol. The summed E-state index contributed by atoms with van der Waals surface area (Å²) in [5.74, 6) is 0. The van der Waals surface area contributed by atoms with Crippen molar-refractivity contribution in [1.29, 1.82) is 0 Å². The fourth-order valence-electron chi connectivity index (χ4n) is 2.51. The Morgan fingerprint density at radius 3 is 0.964 bits per heavy atom. The number of hydrogen-bond donors (Lipinski definition) is 4. The Morgan fingerprint density at radius 2 is 0.643 bits per heavy atom. The van der Waals surface area contributed by atoms with Gasteiger partial charge in [0.25, 0.3) is 0 Å². The fraction of sp³-hybridized carbons (Fsp3) is 0. The van der Waals surface area contributed by atoms with Crippen LogP contribution >= 0.6 is 0 Å². The molecule has 0 spiro atoms. The van der Waals surface area contributed by atoms with E-state index in [-0.39, 0.29) is 0 Å². The number of nitrogen functional groups attached to an aromatic ring is 2. The molecule has 0 saturated carbocycles. The van der Waals surface area contributed by atoms with Crippen LogP contribution in [-0.2, 0) is 0 Å². The summed E-state index contributed by atoms with van der Waals surface area (Å²) in [7, 11) is 0. The van der Waals surface area contributed by atoms with Crippen LogP contribution in [0.5, 0.6) is 0 Å². The third-order valence-electron chi connectivity index (χ3n) is 3.95. The predicted molar refractivity (Wildman–Crippen MR) is 121 cm³/mol. The molecule has 0 heterocycles. The maximum atomic E-state index is 5.59. The second-order valence-electron chi connectivity index (χ2n) is 6.23. The number of rotatable bonds is 4. The van der Waals surface area contributed by atoms with Gasteiger partial charge in [-0.15, -0.1) is 0 Å². The standard InChI is InChI=1S/2C12H12N2/c2*13-10-6-8-12(9-7-10)14-11-4-2-1-3-5-11/h2*1-9,14H,13H2. The first-order valence-corrected chi connectivity index (χ1v) is 9.04. The van der Waals surface area contributed by atoms with Gasteiger partial charge in [-0.05, 0) is 72.8 Å². The van der Waals surface area contributed by atoms with Gasteiger partial charge in [0, 0.05) is 34.1 Å². The normalized spacial score (nSPS) is 9.71. The molecule has 0 saturated heterocycles. The Balaban J connectivity index is 0.000000161. The number of benzene rings is 4. The summed E-state index contributed by atoms with van der Waals surface area (Å²) in [5, 5.41) is 6.55. The van der Waals surface area contributed by atoms with Gasteiger partial charge < -0.3 is 22.1 Å². The van der Waals surface area contributed by atoms with E-state index < -0.39 is 0 Å². The van der Waals surface area contributed by atoms with Gasteiger partial charge in [0.1, 0.15) is 0 Å². The van der Waals surface area contributed by atoms with Crippen molar-refractivity contribution in [3.63, 3.8) is 0 Å². The van der Waals surface area contributed by atoms with Gasteiger partial charge in [-0.1, -0.05) is 36.4 Å². The fourth-order valence-corrected chi connectivity index (χ4v) is 2.51. The molecule has 4 heteroatoms. The zero-order valence-electron chi connectivity index (χ0n) is 15.5. The van der Waals surface area contributed by atoms with Crippen molar-refractivity contribution in [1.82, 2.24) is 0 Å². The van der Waals surface area contributed by atoms with Crippen LogP contribution in [-0.4, -0.2) is 0 Å². The maximum Gasteiger partial charge on any atom is 0.0385 e. The van der Waals surface area contributed by atoms with Crippen molar-refractivity contribution in [3.05, 3.63) is 109 Å². The molecule has 0 amide bonds. The van der Waals surface area contributed by atoms with Crippen molar-refractivity contribution in [2.24, 2.45) is 0 Å². The lowest BCUT2D eigenvalue weighted by Crippen LogP contribution is -1.90. The van der Waals surface area contributed by atoms with Gasteiger partial charge in [0.05, 0.1) is 0 Å². The lowest BCUT2D eigenvalue weighted by Gasteiger charge is -2.05. The summed E-state index contributed by atoms with van der Waals surface area (Å²) in [6, 6.07) is 35.4. The highest BCUT2D eigenvalue weighted by atomic mass is 14.9. The van der Waals surface area contributed by atoms with Crippen molar-refractivity contribution in [2.45, 2.75) is 0 Å². The van der Waals surface area contributed by atoms with Crippen molar-refractivity contribution >= 4 is 34.1 Å². The largest absolute Gasteiger partial charge is 0.399 e. The highest BCUT2D eigenvalue weighted by Crippen LogP contribution is 2.17. The van der Waals surface area contributed by atoms with Crippen molar-refractivity contribution < 1.29 is 0 Å². The van der Waals surface area contributed by atoms with E-state index in [1.54, 1.807) is 0 Å². The molecule has 28 heavy (non-hydrogen) atoms. The van der Waals surface area contributed by atoms with Gasteiger partial charge in [-0.25, -0.2) is 0 Å². The molecule has 4 nitrogen and oxygen atoms in total. The first-order valence-electron chi connectivity index (χ1n) is 9.04. The van der Waals surface area contributed by atoms with Crippen molar-refractivity contribution in [2.75, 3.05) is 22.1 Å². The molecule has 0 atom stereocenters. The second-order valence-corrected chi connectivity index (χ2v) is 6.23. The predicted octanol–water partition coefficient (Wildman–Crippen LogP) is 6.02. The summed E-state index contributed by atoms with van der Waals surface area (Å²) in [6.07, 6.45) is 0. The number of nitrogens with two attached hydrogens (primary N) is 2. The summed E-state index contributed by atoms with van der Waals surface area (Å²) < 4.78 is 0. The summed E-state index contributed by atoms with van der Waals surface area (Å²) in [6.45, 7) is 0. The molecule has 6 N–H and O–H groups in total. The molecule has 4 rings (SSSR count). The van der Waals surface area contributed by atoms with E-state index in [0.29, 0.717) is 0 Å². The third-order valence-corrected chi connectivity index (χ3v) is 3.95. The van der Waals surface area contributed by atoms with Gasteiger partial charge in [0.15, 0.2) is 0 Å². The highest BCUT2D eigenvalue weighted by Gasteiger charge is 1.93. The van der Waals surface area contributed by atoms with E-state index in [4.69, 9.17) is 11.5 Å². The maximum absolute atomic E-state index is 5.59. The van der Waals surface area contributed by atoms with E-state index in [2.05, 4.69) is 10.6 Å². The molecule has 4 aromatic carbocycles. The van der Waals surface area contributed by atoms with E-state index in [1.807, 2.05) is 109 Å². The lowest BCUT2D eigenvalue weighted by atomic mass is 10.2. The highest BCUT2D eigenvalue weighted by molar-refractivity contribution is 5.62. The number of nitrogens with one attached hydrogen (secondary N) is 2. The third kappa shape index (κ3) is 6.11. The molecule has 0 unspecified atom stereocenters. The first-order chi connectivity index (χ1) is 13.7. The summed E-state index contributed by atoms with van der Waals surface area (Å²) in [5.41, 5.74) is 17.0. The lowest BCUT2D eigenvalue weighted by molar-refractivity contribution is 1.55. The topological polar surface area (TPSA) is 76.1 Å². The van der Waals surface area contributed by atoms with Crippen LogP contribution in [0.4, 0.5) is 34.1 Å². The van der Waals surface area contributed by atoms with E-state index >= 15 is 0 Å². The molecule has 0 aliphatic carbocycles. The van der Waals surface area contributed by atoms with Gasteiger partial charge in [-0.2, -0.15) is 0 Å². The average molecular weight is 368 g/mol. The minimum Gasteiger partial charge on any atom is -0.399 e. The zero-order chi connectivity index (χ0) is 19.6. The van der Waals surface area contributed by atoms with Gasteiger partial charge >= 0.3 is 0 Å². The number of anilines is 6. The van der Waals surface area contributed by atoms with Crippen LogP contribution in [0.3, 0.4) is 0 Å². The van der Waals surface area contributed by atoms with Gasteiger partial charge in [0.2, 0.25) is 0 Å². The van der Waals surface area contributed by atoms with Crippen LogP contribution < -0.4 is 22.1 Å². The van der Waals surface area contributed by atoms with E-state index in [1.165, 1.54) is 0 Å². The molecule has 0 radical (unpaired) electrons. The number of para-hydroxylation sites is 2. The van der Waals surface area contributed by atoms with Crippen molar-refractivity contribution in [3.8, 4) is 0 Å². The molecule has 0 aromatic heterocycles. The second kappa shape index (κ2) is 9.69. The van der Waals surface area contributed by atoms with Crippen LogP contribution in [0, 0.1) is 0 Å². The van der Waals surface area contributed by atoms with Crippen LogP contribution in [0.2, 0.25) is 0 Å². The van der Waals surface area contributed by atoms with Gasteiger partial charge in [-0.3, -0.25) is 0 Å². The van der Waals surface area contributed by atoms with E-state index in [9.17, 15) is 0 Å². The summed E-state index contributed by atoms with van der Waals surface area (Å²) in [4.78, 5) is 0. The Hall–Kier alpha value is -3.92. The molecule has 0 aliphatic heterocycles. The van der Waals surface area contributed by atoms with Crippen LogP contribution in [0.15, 0.2) is 109 Å². The molecule has 0 fully saturated rings. The Morgan fingerprint density at radius 1 is 0.357 bits per heavy atom. The first kappa shape index (κ1) is 18.9. The quantitative estimate of drug-likeness (QED) is 0.332. The molecule has 0 aliphatic rings. The van der Waals surface area contributed by atoms with Crippen LogP contribution in [0.25, 0.3) is 0 Å². The van der Waals surface area contributed by atoms with Crippen LogP contribution in [0.1, 0.15) is 0 Å². The zero-order valence-corrected chi connectivity index (χ0v) is 15.5.